The summed E-state index contributed by atoms with van der Waals surface area (Å²) in [5.41, 5.74) is 2.58. The average Bonchev–Trinajstić information content (AvgIpc) is 2.47. The second-order valence-corrected chi connectivity index (χ2v) is 4.59. The van der Waals surface area contributed by atoms with Crippen molar-refractivity contribution in [2.24, 2.45) is 0 Å². The highest BCUT2D eigenvalue weighted by Crippen LogP contribution is 2.10. The van der Waals surface area contributed by atoms with E-state index in [0.29, 0.717) is 6.42 Å². The van der Waals surface area contributed by atoms with Gasteiger partial charge in [0.2, 0.25) is 0 Å². The molecule has 0 atom stereocenters. The highest BCUT2D eigenvalue weighted by molar-refractivity contribution is 5.85. The number of benzene rings is 2. The lowest BCUT2D eigenvalue weighted by Gasteiger charge is -2.21. The first kappa shape index (κ1) is 16.2. The van der Waals surface area contributed by atoms with Gasteiger partial charge in [-0.25, -0.2) is 0 Å². The Morgan fingerprint density at radius 1 is 0.800 bits per heavy atom. The topological polar surface area (TPSA) is 27.0 Å². The van der Waals surface area contributed by atoms with Crippen LogP contribution in [0.1, 0.15) is 17.5 Å². The van der Waals surface area contributed by atoms with Crippen LogP contribution in [-0.4, -0.2) is 11.4 Å². The fourth-order valence-electron chi connectivity index (χ4n) is 2.11. The molecule has 0 heterocycles. The fourth-order valence-corrected chi connectivity index (χ4v) is 2.11. The van der Waals surface area contributed by atoms with E-state index >= 15 is 0 Å². The van der Waals surface area contributed by atoms with Gasteiger partial charge in [-0.2, -0.15) is 5.26 Å². The Labute approximate surface area is 127 Å². The second kappa shape index (κ2) is 9.14. The molecule has 0 aromatic heterocycles. The van der Waals surface area contributed by atoms with Crippen LogP contribution in [0.4, 0.5) is 0 Å². The molecule has 0 bridgehead atoms. The van der Waals surface area contributed by atoms with E-state index in [2.05, 4.69) is 59.5 Å². The first-order valence-corrected chi connectivity index (χ1v) is 6.55. The van der Waals surface area contributed by atoms with E-state index in [4.69, 9.17) is 5.26 Å². The quantitative estimate of drug-likeness (QED) is 0.802. The molecule has 0 aliphatic heterocycles. The summed E-state index contributed by atoms with van der Waals surface area (Å²) in [6.07, 6.45) is 0.569. The number of rotatable bonds is 6. The Hall–Kier alpha value is -1.82. The Balaban J connectivity index is 0.00000200. The maximum Gasteiger partial charge on any atom is 0.0635 e. The number of nitrogens with zero attached hydrogens (tertiary/aromatic N) is 2. The Morgan fingerprint density at radius 2 is 1.25 bits per heavy atom. The molecule has 2 rings (SSSR count). The summed E-state index contributed by atoms with van der Waals surface area (Å²) in [6, 6.07) is 23.0. The van der Waals surface area contributed by atoms with Crippen LogP contribution in [0.15, 0.2) is 60.7 Å². The van der Waals surface area contributed by atoms with Gasteiger partial charge in [0.05, 0.1) is 6.07 Å². The van der Waals surface area contributed by atoms with Crippen LogP contribution in [0.5, 0.6) is 0 Å². The third-order valence-electron chi connectivity index (χ3n) is 3.04. The minimum atomic E-state index is 0. The van der Waals surface area contributed by atoms with Crippen molar-refractivity contribution >= 4 is 12.4 Å². The molecule has 0 amide bonds. The lowest BCUT2D eigenvalue weighted by atomic mass is 10.1. The summed E-state index contributed by atoms with van der Waals surface area (Å²) in [6.45, 7) is 2.58. The smallest absolute Gasteiger partial charge is 0.0635 e. The lowest BCUT2D eigenvalue weighted by molar-refractivity contribution is 0.263. The SMILES string of the molecule is Cl.N#CCCN(Cc1ccccc1)Cc1ccccc1. The van der Waals surface area contributed by atoms with Gasteiger partial charge in [0, 0.05) is 26.1 Å². The minimum absolute atomic E-state index is 0. The molecule has 2 nitrogen and oxygen atoms in total. The Bertz CT molecular complexity index is 478. The van der Waals surface area contributed by atoms with Crippen molar-refractivity contribution in [2.75, 3.05) is 6.54 Å². The van der Waals surface area contributed by atoms with E-state index in [0.717, 1.165) is 19.6 Å². The molecule has 3 heteroatoms. The van der Waals surface area contributed by atoms with Gasteiger partial charge >= 0.3 is 0 Å². The van der Waals surface area contributed by atoms with Gasteiger partial charge in [-0.05, 0) is 11.1 Å². The van der Waals surface area contributed by atoms with Crippen LogP contribution in [0, 0.1) is 11.3 Å². The van der Waals surface area contributed by atoms with Gasteiger partial charge in [0.15, 0.2) is 0 Å². The third-order valence-corrected chi connectivity index (χ3v) is 3.04. The van der Waals surface area contributed by atoms with Crippen molar-refractivity contribution in [1.82, 2.24) is 4.90 Å². The zero-order valence-corrected chi connectivity index (χ0v) is 12.2. The van der Waals surface area contributed by atoms with Crippen LogP contribution in [-0.2, 0) is 13.1 Å². The van der Waals surface area contributed by atoms with Crippen molar-refractivity contribution in [3.8, 4) is 6.07 Å². The van der Waals surface area contributed by atoms with Gasteiger partial charge in [-0.15, -0.1) is 12.4 Å². The molecule has 20 heavy (non-hydrogen) atoms. The summed E-state index contributed by atoms with van der Waals surface area (Å²) in [5.74, 6) is 0. The lowest BCUT2D eigenvalue weighted by Crippen LogP contribution is -2.23. The van der Waals surface area contributed by atoms with E-state index in [1.54, 1.807) is 0 Å². The first-order valence-electron chi connectivity index (χ1n) is 6.55. The maximum absolute atomic E-state index is 8.77. The zero-order valence-electron chi connectivity index (χ0n) is 11.4. The van der Waals surface area contributed by atoms with Gasteiger partial charge in [0.1, 0.15) is 0 Å². The Kier molecular flexibility index (Phi) is 7.42. The summed E-state index contributed by atoms with van der Waals surface area (Å²) >= 11 is 0. The Morgan fingerprint density at radius 3 is 1.65 bits per heavy atom. The zero-order chi connectivity index (χ0) is 13.3. The summed E-state index contributed by atoms with van der Waals surface area (Å²) in [7, 11) is 0. The molecule has 0 radical (unpaired) electrons. The van der Waals surface area contributed by atoms with Crippen molar-refractivity contribution in [1.29, 1.82) is 5.26 Å². The molecule has 2 aromatic carbocycles. The van der Waals surface area contributed by atoms with Crippen molar-refractivity contribution in [3.05, 3.63) is 71.8 Å². The van der Waals surface area contributed by atoms with E-state index in [9.17, 15) is 0 Å². The van der Waals surface area contributed by atoms with Crippen molar-refractivity contribution < 1.29 is 0 Å². The van der Waals surface area contributed by atoms with Crippen LogP contribution in [0.3, 0.4) is 0 Å². The fraction of sp³-hybridized carbons (Fsp3) is 0.235. The highest BCUT2D eigenvalue weighted by Gasteiger charge is 2.06. The monoisotopic (exact) mass is 286 g/mol. The normalized spacial score (nSPS) is 9.80. The first-order chi connectivity index (χ1) is 9.38. The molecule has 2 aromatic rings. The van der Waals surface area contributed by atoms with E-state index < -0.39 is 0 Å². The van der Waals surface area contributed by atoms with Crippen LogP contribution >= 0.6 is 12.4 Å². The third kappa shape index (κ3) is 5.44. The molecule has 0 saturated heterocycles. The molecule has 0 saturated carbocycles. The molecule has 0 spiro atoms. The molecule has 0 aliphatic rings. The van der Waals surface area contributed by atoms with Gasteiger partial charge in [0.25, 0.3) is 0 Å². The highest BCUT2D eigenvalue weighted by atomic mass is 35.5. The molecule has 0 aliphatic carbocycles. The molecule has 0 N–H and O–H groups in total. The number of hydrogen-bond acceptors (Lipinski definition) is 2. The minimum Gasteiger partial charge on any atom is -0.294 e. The molecule has 104 valence electrons. The predicted octanol–water partition coefficient (Wildman–Crippen LogP) is 4.02. The number of nitriles is 1. The van der Waals surface area contributed by atoms with E-state index in [1.807, 2.05) is 12.1 Å². The maximum atomic E-state index is 8.77. The molecular formula is C17H19ClN2. The average molecular weight is 287 g/mol. The van der Waals surface area contributed by atoms with E-state index in [1.165, 1.54) is 11.1 Å². The van der Waals surface area contributed by atoms with Gasteiger partial charge < -0.3 is 0 Å². The van der Waals surface area contributed by atoms with Crippen LogP contribution in [0.25, 0.3) is 0 Å². The molecule has 0 unspecified atom stereocenters. The summed E-state index contributed by atoms with van der Waals surface area (Å²) in [4.78, 5) is 2.31. The standard InChI is InChI=1S/C17H18N2.ClH/c18-12-7-13-19(14-16-8-3-1-4-9-16)15-17-10-5-2-6-11-17;/h1-6,8-11H,7,13-15H2;1H. The summed E-state index contributed by atoms with van der Waals surface area (Å²) in [5, 5.41) is 8.77. The van der Waals surface area contributed by atoms with Crippen molar-refractivity contribution in [3.63, 3.8) is 0 Å². The predicted molar refractivity (Wildman–Crippen MR) is 84.5 cm³/mol. The van der Waals surface area contributed by atoms with Gasteiger partial charge in [-0.3, -0.25) is 4.90 Å². The van der Waals surface area contributed by atoms with Gasteiger partial charge in [-0.1, -0.05) is 60.7 Å². The summed E-state index contributed by atoms with van der Waals surface area (Å²) < 4.78 is 0. The van der Waals surface area contributed by atoms with Crippen LogP contribution < -0.4 is 0 Å². The van der Waals surface area contributed by atoms with E-state index in [-0.39, 0.29) is 12.4 Å². The number of hydrogen-bond donors (Lipinski definition) is 0. The number of halogens is 1. The van der Waals surface area contributed by atoms with Crippen LogP contribution in [0.2, 0.25) is 0 Å². The van der Waals surface area contributed by atoms with Crippen molar-refractivity contribution in [2.45, 2.75) is 19.5 Å². The second-order valence-electron chi connectivity index (χ2n) is 4.59. The molecule has 0 fully saturated rings. The largest absolute Gasteiger partial charge is 0.294 e. The molecular weight excluding hydrogens is 268 g/mol.